The van der Waals surface area contributed by atoms with Gasteiger partial charge < -0.3 is 20.9 Å². The third-order valence-corrected chi connectivity index (χ3v) is 2.79. The number of carbonyl (C=O) groups is 1. The van der Waals surface area contributed by atoms with E-state index in [4.69, 9.17) is 15.6 Å². The molecule has 1 heterocycles. The highest BCUT2D eigenvalue weighted by molar-refractivity contribution is 5.74. The molecule has 1 amide bonds. The summed E-state index contributed by atoms with van der Waals surface area (Å²) in [4.78, 5) is 10.5. The van der Waals surface area contributed by atoms with Crippen LogP contribution in [-0.2, 0) is 9.53 Å². The van der Waals surface area contributed by atoms with Gasteiger partial charge in [0, 0.05) is 11.5 Å². The molecule has 0 aliphatic carbocycles. The summed E-state index contributed by atoms with van der Waals surface area (Å²) in [5, 5.41) is 12.3. The van der Waals surface area contributed by atoms with Gasteiger partial charge in [-0.05, 0) is 13.0 Å². The lowest BCUT2D eigenvalue weighted by molar-refractivity contribution is -0.123. The van der Waals surface area contributed by atoms with Gasteiger partial charge in [-0.1, -0.05) is 6.92 Å². The lowest BCUT2D eigenvalue weighted by Gasteiger charge is -2.29. The molecule has 1 aliphatic rings. The topological polar surface area (TPSA) is 84.6 Å². The molecule has 1 fully saturated rings. The molecule has 0 aromatic heterocycles. The van der Waals surface area contributed by atoms with Gasteiger partial charge in [0.05, 0.1) is 13.2 Å². The minimum atomic E-state index is -0.458. The second kappa shape index (κ2) is 4.72. The average Bonchev–Trinajstić information content (AvgIpc) is 2.46. The van der Waals surface area contributed by atoms with Crippen LogP contribution in [0, 0.1) is 5.41 Å². The molecule has 0 saturated carbocycles. The number of aliphatic hydroxyl groups excluding tert-OH is 1. The molecule has 14 heavy (non-hydrogen) atoms. The van der Waals surface area contributed by atoms with E-state index in [0.29, 0.717) is 6.61 Å². The monoisotopic (exact) mass is 202 g/mol. The lowest BCUT2D eigenvalue weighted by atomic mass is 9.84. The maximum atomic E-state index is 10.5. The highest BCUT2D eigenvalue weighted by Gasteiger charge is 2.38. The average molecular weight is 202 g/mol. The first-order chi connectivity index (χ1) is 6.58. The smallest absolute Gasteiger partial charge is 0.243 e. The van der Waals surface area contributed by atoms with Crippen molar-refractivity contribution in [2.75, 3.05) is 26.4 Å². The van der Waals surface area contributed by atoms with Gasteiger partial charge in [0.1, 0.15) is 6.61 Å². The first kappa shape index (κ1) is 11.4. The highest BCUT2D eigenvalue weighted by atomic mass is 16.5. The van der Waals surface area contributed by atoms with E-state index in [0.717, 1.165) is 13.0 Å². The van der Waals surface area contributed by atoms with Gasteiger partial charge in [0.25, 0.3) is 0 Å². The van der Waals surface area contributed by atoms with Gasteiger partial charge in [0.15, 0.2) is 0 Å². The van der Waals surface area contributed by atoms with Crippen molar-refractivity contribution in [1.82, 2.24) is 5.32 Å². The van der Waals surface area contributed by atoms with E-state index in [9.17, 15) is 4.79 Å². The van der Waals surface area contributed by atoms with Crippen LogP contribution < -0.4 is 11.1 Å². The van der Waals surface area contributed by atoms with Crippen LogP contribution in [0.15, 0.2) is 0 Å². The van der Waals surface area contributed by atoms with Crippen molar-refractivity contribution >= 4 is 5.91 Å². The number of nitrogens with one attached hydrogen (secondary N) is 1. The molecular formula is C9H18N2O3. The number of nitrogens with two attached hydrogens (primary N) is 1. The Kier molecular flexibility index (Phi) is 3.86. The Balaban J connectivity index is 2.36. The van der Waals surface area contributed by atoms with Crippen molar-refractivity contribution in [3.8, 4) is 0 Å². The molecule has 82 valence electrons. The molecule has 4 N–H and O–H groups in total. The van der Waals surface area contributed by atoms with Crippen molar-refractivity contribution in [3.63, 3.8) is 0 Å². The minimum Gasteiger partial charge on any atom is -0.395 e. The molecule has 1 aliphatic heterocycles. The normalized spacial score (nSPS) is 32.0. The van der Waals surface area contributed by atoms with Crippen molar-refractivity contribution in [1.29, 1.82) is 0 Å². The number of hydrogen-bond donors (Lipinski definition) is 3. The van der Waals surface area contributed by atoms with Gasteiger partial charge in [-0.2, -0.15) is 0 Å². The number of aliphatic hydroxyl groups is 1. The van der Waals surface area contributed by atoms with Crippen LogP contribution in [0.25, 0.3) is 0 Å². The van der Waals surface area contributed by atoms with Gasteiger partial charge in [-0.3, -0.25) is 4.79 Å². The SMILES string of the molecule is CC1(COCC(N)=O)CCNC1CO. The molecule has 5 nitrogen and oxygen atoms in total. The van der Waals surface area contributed by atoms with E-state index in [1.54, 1.807) is 0 Å². The maximum absolute atomic E-state index is 10.5. The predicted molar refractivity (Wildman–Crippen MR) is 51.6 cm³/mol. The second-order valence-corrected chi connectivity index (χ2v) is 4.05. The molecular weight excluding hydrogens is 184 g/mol. The zero-order valence-corrected chi connectivity index (χ0v) is 8.45. The zero-order valence-electron chi connectivity index (χ0n) is 8.45. The Bertz CT molecular complexity index is 210. The standard InChI is InChI=1S/C9H18N2O3/c1-9(6-14-5-8(10)13)2-3-11-7(9)4-12/h7,11-12H,2-6H2,1H3,(H2,10,13). The first-order valence-corrected chi connectivity index (χ1v) is 4.79. The van der Waals surface area contributed by atoms with Crippen LogP contribution >= 0.6 is 0 Å². The fourth-order valence-electron chi connectivity index (χ4n) is 1.80. The molecule has 2 atom stereocenters. The van der Waals surface area contributed by atoms with Crippen LogP contribution in [0.4, 0.5) is 0 Å². The Morgan fingerprint density at radius 2 is 2.50 bits per heavy atom. The Morgan fingerprint density at radius 3 is 3.07 bits per heavy atom. The molecule has 2 unspecified atom stereocenters. The third kappa shape index (κ3) is 2.67. The second-order valence-electron chi connectivity index (χ2n) is 4.05. The zero-order chi connectivity index (χ0) is 10.6. The van der Waals surface area contributed by atoms with Crippen molar-refractivity contribution < 1.29 is 14.6 Å². The molecule has 0 aromatic carbocycles. The van der Waals surface area contributed by atoms with Crippen molar-refractivity contribution in [2.24, 2.45) is 11.1 Å². The van der Waals surface area contributed by atoms with Crippen LogP contribution in [0.5, 0.6) is 0 Å². The molecule has 1 saturated heterocycles. The lowest BCUT2D eigenvalue weighted by Crippen LogP contribution is -2.41. The predicted octanol–water partition coefficient (Wildman–Crippen LogP) is -1.15. The summed E-state index contributed by atoms with van der Waals surface area (Å²) in [6.07, 6.45) is 0.941. The summed E-state index contributed by atoms with van der Waals surface area (Å²) in [7, 11) is 0. The quantitative estimate of drug-likeness (QED) is 0.525. The summed E-state index contributed by atoms with van der Waals surface area (Å²) in [6, 6.07) is 0.0513. The molecule has 0 bridgehead atoms. The first-order valence-electron chi connectivity index (χ1n) is 4.79. The van der Waals surface area contributed by atoms with Crippen molar-refractivity contribution in [2.45, 2.75) is 19.4 Å². The highest BCUT2D eigenvalue weighted by Crippen LogP contribution is 2.30. The number of carbonyl (C=O) groups excluding carboxylic acids is 1. The van der Waals surface area contributed by atoms with E-state index in [-0.39, 0.29) is 24.7 Å². The summed E-state index contributed by atoms with van der Waals surface area (Å²) >= 11 is 0. The van der Waals surface area contributed by atoms with E-state index in [1.165, 1.54) is 0 Å². The van der Waals surface area contributed by atoms with E-state index in [2.05, 4.69) is 5.32 Å². The summed E-state index contributed by atoms with van der Waals surface area (Å²) < 4.78 is 5.19. The largest absolute Gasteiger partial charge is 0.395 e. The van der Waals surface area contributed by atoms with Gasteiger partial charge in [0.2, 0.25) is 5.91 Å². The fourth-order valence-corrected chi connectivity index (χ4v) is 1.80. The molecule has 1 rings (SSSR count). The summed E-state index contributed by atoms with van der Waals surface area (Å²) in [5.41, 5.74) is 4.87. The van der Waals surface area contributed by atoms with E-state index < -0.39 is 5.91 Å². The molecule has 0 radical (unpaired) electrons. The number of amides is 1. The van der Waals surface area contributed by atoms with Crippen LogP contribution in [0.2, 0.25) is 0 Å². The number of ether oxygens (including phenoxy) is 1. The van der Waals surface area contributed by atoms with E-state index in [1.807, 2.05) is 6.92 Å². The van der Waals surface area contributed by atoms with Crippen LogP contribution in [0.3, 0.4) is 0 Å². The van der Waals surface area contributed by atoms with Gasteiger partial charge in [-0.25, -0.2) is 0 Å². The van der Waals surface area contributed by atoms with Crippen LogP contribution in [0.1, 0.15) is 13.3 Å². The Hall–Kier alpha value is -0.650. The van der Waals surface area contributed by atoms with Crippen molar-refractivity contribution in [3.05, 3.63) is 0 Å². The van der Waals surface area contributed by atoms with Gasteiger partial charge in [-0.15, -0.1) is 0 Å². The Labute approximate surface area is 83.6 Å². The third-order valence-electron chi connectivity index (χ3n) is 2.79. The minimum absolute atomic E-state index is 0.0479. The summed E-state index contributed by atoms with van der Waals surface area (Å²) in [6.45, 7) is 3.41. The number of rotatable bonds is 5. The van der Waals surface area contributed by atoms with E-state index >= 15 is 0 Å². The summed E-state index contributed by atoms with van der Waals surface area (Å²) in [5.74, 6) is -0.458. The molecule has 0 spiro atoms. The van der Waals surface area contributed by atoms with Gasteiger partial charge >= 0.3 is 0 Å². The molecule has 0 aromatic rings. The fraction of sp³-hybridized carbons (Fsp3) is 0.889. The van der Waals surface area contributed by atoms with Crippen LogP contribution in [-0.4, -0.2) is 43.4 Å². The number of hydrogen-bond acceptors (Lipinski definition) is 4. The molecule has 5 heteroatoms. The Morgan fingerprint density at radius 1 is 1.79 bits per heavy atom. The maximum Gasteiger partial charge on any atom is 0.243 e. The number of primary amides is 1.